The van der Waals surface area contributed by atoms with E-state index in [1.165, 1.54) is 13.8 Å². The van der Waals surface area contributed by atoms with Crippen LogP contribution in [0.2, 0.25) is 0 Å². The Morgan fingerprint density at radius 1 is 1.43 bits per heavy atom. The van der Waals surface area contributed by atoms with Crippen LogP contribution in [0.5, 0.6) is 0 Å². The van der Waals surface area contributed by atoms with Gasteiger partial charge in [-0.25, -0.2) is 0 Å². The van der Waals surface area contributed by atoms with Crippen molar-refractivity contribution >= 4 is 5.97 Å². The smallest absolute Gasteiger partial charge is 0.302 e. The Labute approximate surface area is 84.6 Å². The molecule has 1 atom stereocenters. The van der Waals surface area contributed by atoms with Gasteiger partial charge in [0.15, 0.2) is 0 Å². The standard InChI is InChI=1S/C6H12O3.C3H8O2/c1-3-8-4-5-9-6(2)7;1-3(5)2-4/h3-5H2,1-2H3;3-5H,2H2,1H3. The van der Waals surface area contributed by atoms with Crippen LogP contribution in [0.4, 0.5) is 0 Å². The summed E-state index contributed by atoms with van der Waals surface area (Å²) in [6, 6.07) is 0. The van der Waals surface area contributed by atoms with E-state index in [0.29, 0.717) is 19.8 Å². The summed E-state index contributed by atoms with van der Waals surface area (Å²) in [4.78, 5) is 10.1. The third-order valence-electron chi connectivity index (χ3n) is 1.00. The number of rotatable bonds is 5. The summed E-state index contributed by atoms with van der Waals surface area (Å²) in [5, 5.41) is 16.0. The molecule has 0 saturated heterocycles. The number of hydrogen-bond donors (Lipinski definition) is 2. The predicted octanol–water partition coefficient (Wildman–Crippen LogP) is -0.0545. The van der Waals surface area contributed by atoms with E-state index in [1.807, 2.05) is 6.92 Å². The average molecular weight is 208 g/mol. The van der Waals surface area contributed by atoms with Gasteiger partial charge in [-0.3, -0.25) is 4.79 Å². The van der Waals surface area contributed by atoms with Gasteiger partial charge >= 0.3 is 5.97 Å². The molecule has 86 valence electrons. The molecule has 1 unspecified atom stereocenters. The third-order valence-corrected chi connectivity index (χ3v) is 1.00. The highest BCUT2D eigenvalue weighted by atomic mass is 16.6. The van der Waals surface area contributed by atoms with Crippen LogP contribution in [-0.4, -0.2) is 48.7 Å². The molecule has 0 rings (SSSR count). The first-order valence-corrected chi connectivity index (χ1v) is 4.54. The van der Waals surface area contributed by atoms with Gasteiger partial charge in [-0.15, -0.1) is 0 Å². The zero-order valence-electron chi connectivity index (χ0n) is 9.02. The minimum Gasteiger partial charge on any atom is -0.463 e. The SMILES string of the molecule is CC(O)CO.CCOCCOC(C)=O. The number of ether oxygens (including phenoxy) is 2. The molecule has 5 heteroatoms. The zero-order valence-corrected chi connectivity index (χ0v) is 9.02. The molecular weight excluding hydrogens is 188 g/mol. The molecule has 0 aliphatic carbocycles. The zero-order chi connectivity index (χ0) is 11.4. The molecule has 0 saturated carbocycles. The van der Waals surface area contributed by atoms with Gasteiger partial charge in [0.25, 0.3) is 0 Å². The van der Waals surface area contributed by atoms with Crippen LogP contribution < -0.4 is 0 Å². The van der Waals surface area contributed by atoms with Crippen molar-refractivity contribution in [2.75, 3.05) is 26.4 Å². The lowest BCUT2D eigenvalue weighted by Crippen LogP contribution is -2.06. The molecule has 0 aliphatic heterocycles. The molecule has 0 aromatic carbocycles. The second kappa shape index (κ2) is 12.3. The van der Waals surface area contributed by atoms with Gasteiger partial charge in [0.05, 0.1) is 19.3 Å². The lowest BCUT2D eigenvalue weighted by atomic mass is 10.5. The summed E-state index contributed by atoms with van der Waals surface area (Å²) in [7, 11) is 0. The summed E-state index contributed by atoms with van der Waals surface area (Å²) in [5.41, 5.74) is 0. The van der Waals surface area contributed by atoms with Crippen molar-refractivity contribution in [2.24, 2.45) is 0 Å². The van der Waals surface area contributed by atoms with Gasteiger partial charge < -0.3 is 19.7 Å². The van der Waals surface area contributed by atoms with E-state index in [2.05, 4.69) is 4.74 Å². The number of hydrogen-bond acceptors (Lipinski definition) is 5. The van der Waals surface area contributed by atoms with E-state index in [-0.39, 0.29) is 12.6 Å². The first-order valence-electron chi connectivity index (χ1n) is 4.54. The van der Waals surface area contributed by atoms with Crippen LogP contribution in [0.25, 0.3) is 0 Å². The van der Waals surface area contributed by atoms with Gasteiger partial charge in [-0.2, -0.15) is 0 Å². The Morgan fingerprint density at radius 2 is 1.93 bits per heavy atom. The summed E-state index contributed by atoms with van der Waals surface area (Å²) in [5.74, 6) is -0.255. The maximum Gasteiger partial charge on any atom is 0.302 e. The van der Waals surface area contributed by atoms with Crippen LogP contribution in [0.3, 0.4) is 0 Å². The molecule has 2 N–H and O–H groups in total. The Bertz CT molecular complexity index is 124. The molecule has 0 heterocycles. The molecule has 0 radical (unpaired) electrons. The molecule has 5 nitrogen and oxygen atoms in total. The van der Waals surface area contributed by atoms with Crippen molar-refractivity contribution in [3.8, 4) is 0 Å². The highest BCUT2D eigenvalue weighted by Gasteiger charge is 1.89. The molecule has 14 heavy (non-hydrogen) atoms. The van der Waals surface area contributed by atoms with Crippen molar-refractivity contribution in [3.05, 3.63) is 0 Å². The quantitative estimate of drug-likeness (QED) is 0.489. The maximum atomic E-state index is 10.1. The average Bonchev–Trinajstić information content (AvgIpc) is 2.13. The first-order chi connectivity index (χ1) is 6.54. The predicted molar refractivity (Wildman–Crippen MR) is 51.9 cm³/mol. The van der Waals surface area contributed by atoms with Crippen molar-refractivity contribution < 1.29 is 24.5 Å². The number of esters is 1. The fourth-order valence-corrected chi connectivity index (χ4v) is 0.389. The van der Waals surface area contributed by atoms with Crippen molar-refractivity contribution in [1.82, 2.24) is 0 Å². The highest BCUT2D eigenvalue weighted by Crippen LogP contribution is 1.77. The van der Waals surface area contributed by atoms with Crippen LogP contribution in [0.15, 0.2) is 0 Å². The second-order valence-electron chi connectivity index (χ2n) is 2.57. The Balaban J connectivity index is 0. The van der Waals surface area contributed by atoms with Gasteiger partial charge in [-0.1, -0.05) is 0 Å². The molecular formula is C9H20O5. The van der Waals surface area contributed by atoms with Gasteiger partial charge in [0.2, 0.25) is 0 Å². The Kier molecular flexibility index (Phi) is 13.9. The highest BCUT2D eigenvalue weighted by molar-refractivity contribution is 5.65. The molecule has 0 fully saturated rings. The summed E-state index contributed by atoms with van der Waals surface area (Å²) < 4.78 is 9.49. The van der Waals surface area contributed by atoms with Crippen molar-refractivity contribution in [1.29, 1.82) is 0 Å². The van der Waals surface area contributed by atoms with Crippen LogP contribution in [-0.2, 0) is 14.3 Å². The number of aliphatic hydroxyl groups excluding tert-OH is 2. The molecule has 0 spiro atoms. The fraction of sp³-hybridized carbons (Fsp3) is 0.889. The van der Waals surface area contributed by atoms with Gasteiger partial charge in [-0.05, 0) is 13.8 Å². The molecule has 0 aliphatic rings. The van der Waals surface area contributed by atoms with Gasteiger partial charge in [0, 0.05) is 13.5 Å². The molecule has 0 bridgehead atoms. The van der Waals surface area contributed by atoms with Crippen LogP contribution >= 0.6 is 0 Å². The Hall–Kier alpha value is -0.650. The number of aliphatic hydroxyl groups is 2. The van der Waals surface area contributed by atoms with Crippen LogP contribution in [0.1, 0.15) is 20.8 Å². The van der Waals surface area contributed by atoms with Gasteiger partial charge in [0.1, 0.15) is 6.61 Å². The van der Waals surface area contributed by atoms with E-state index in [9.17, 15) is 4.79 Å². The molecule has 0 aromatic rings. The van der Waals surface area contributed by atoms with E-state index in [0.717, 1.165) is 0 Å². The second-order valence-corrected chi connectivity index (χ2v) is 2.57. The van der Waals surface area contributed by atoms with Crippen LogP contribution in [0, 0.1) is 0 Å². The normalized spacial score (nSPS) is 11.2. The lowest BCUT2D eigenvalue weighted by molar-refractivity contribution is -0.142. The summed E-state index contributed by atoms with van der Waals surface area (Å²) in [6.45, 7) is 6.19. The van der Waals surface area contributed by atoms with E-state index in [4.69, 9.17) is 14.9 Å². The minimum absolute atomic E-state index is 0.139. The van der Waals surface area contributed by atoms with E-state index >= 15 is 0 Å². The number of carbonyl (C=O) groups is 1. The van der Waals surface area contributed by atoms with E-state index in [1.54, 1.807) is 0 Å². The lowest BCUT2D eigenvalue weighted by Gasteiger charge is -1.99. The maximum absolute atomic E-state index is 10.1. The topological polar surface area (TPSA) is 76.0 Å². The Morgan fingerprint density at radius 3 is 2.21 bits per heavy atom. The third kappa shape index (κ3) is 22.5. The first kappa shape index (κ1) is 15.8. The fourth-order valence-electron chi connectivity index (χ4n) is 0.389. The summed E-state index contributed by atoms with van der Waals surface area (Å²) in [6.07, 6.45) is -0.560. The summed E-state index contributed by atoms with van der Waals surface area (Å²) >= 11 is 0. The minimum atomic E-state index is -0.560. The van der Waals surface area contributed by atoms with Crippen molar-refractivity contribution in [3.63, 3.8) is 0 Å². The molecule has 0 aromatic heterocycles. The van der Waals surface area contributed by atoms with E-state index < -0.39 is 6.10 Å². The van der Waals surface area contributed by atoms with Crippen molar-refractivity contribution in [2.45, 2.75) is 26.9 Å². The monoisotopic (exact) mass is 208 g/mol. The number of carbonyl (C=O) groups excluding carboxylic acids is 1. The largest absolute Gasteiger partial charge is 0.463 e. The molecule has 0 amide bonds.